The summed E-state index contributed by atoms with van der Waals surface area (Å²) in [5.41, 5.74) is 2.36. The molecular weight excluding hydrogens is 292 g/mol. The molecule has 2 aromatic rings. The smallest absolute Gasteiger partial charge is 0.335 e. The standard InChI is InChI=1S/C17H20N4O2/c1-2-13-12-14(4-5-15(13)16(22)23)20-8-10-21(11-9-20)17-18-6-3-7-19-17/h3-7,12H,2,8-11H2,1H3,(H,22,23). The fourth-order valence-electron chi connectivity index (χ4n) is 2.90. The third-order valence-corrected chi connectivity index (χ3v) is 4.18. The third-order valence-electron chi connectivity index (χ3n) is 4.18. The Morgan fingerprint density at radius 1 is 1.13 bits per heavy atom. The lowest BCUT2D eigenvalue weighted by Crippen LogP contribution is -2.47. The van der Waals surface area contributed by atoms with Gasteiger partial charge in [-0.25, -0.2) is 14.8 Å². The van der Waals surface area contributed by atoms with Gasteiger partial charge in [-0.3, -0.25) is 0 Å². The highest BCUT2D eigenvalue weighted by Crippen LogP contribution is 2.22. The molecule has 0 unspecified atom stereocenters. The van der Waals surface area contributed by atoms with Crippen molar-refractivity contribution in [1.29, 1.82) is 0 Å². The summed E-state index contributed by atoms with van der Waals surface area (Å²) in [5.74, 6) is -0.0953. The van der Waals surface area contributed by atoms with Crippen LogP contribution in [0.25, 0.3) is 0 Å². The molecule has 1 fully saturated rings. The second-order valence-corrected chi connectivity index (χ2v) is 5.52. The van der Waals surface area contributed by atoms with Gasteiger partial charge >= 0.3 is 5.97 Å². The molecule has 1 aromatic heterocycles. The molecule has 0 spiro atoms. The molecule has 1 aliphatic heterocycles. The highest BCUT2D eigenvalue weighted by Gasteiger charge is 2.20. The predicted octanol–water partition coefficient (Wildman–Crippen LogP) is 2.06. The maximum Gasteiger partial charge on any atom is 0.335 e. The molecule has 6 nitrogen and oxygen atoms in total. The van der Waals surface area contributed by atoms with Crippen LogP contribution < -0.4 is 9.80 Å². The summed E-state index contributed by atoms with van der Waals surface area (Å²) < 4.78 is 0. The molecular formula is C17H20N4O2. The number of hydrogen-bond donors (Lipinski definition) is 1. The Kier molecular flexibility index (Phi) is 4.41. The number of carboxylic acids is 1. The number of anilines is 2. The summed E-state index contributed by atoms with van der Waals surface area (Å²) >= 11 is 0. The molecule has 0 saturated carbocycles. The van der Waals surface area contributed by atoms with Gasteiger partial charge in [0.2, 0.25) is 5.95 Å². The number of carbonyl (C=O) groups is 1. The molecule has 23 heavy (non-hydrogen) atoms. The van der Waals surface area contributed by atoms with Crippen LogP contribution in [0.1, 0.15) is 22.8 Å². The molecule has 120 valence electrons. The van der Waals surface area contributed by atoms with Gasteiger partial charge in [-0.1, -0.05) is 6.92 Å². The van der Waals surface area contributed by atoms with Gasteiger partial charge in [-0.15, -0.1) is 0 Å². The van der Waals surface area contributed by atoms with Crippen molar-refractivity contribution < 1.29 is 9.90 Å². The number of aryl methyl sites for hydroxylation is 1. The first-order chi connectivity index (χ1) is 11.2. The lowest BCUT2D eigenvalue weighted by molar-refractivity contribution is 0.0696. The zero-order valence-corrected chi connectivity index (χ0v) is 13.1. The molecule has 1 aromatic carbocycles. The quantitative estimate of drug-likeness (QED) is 0.932. The molecule has 3 rings (SSSR count). The molecule has 0 atom stereocenters. The van der Waals surface area contributed by atoms with Gasteiger partial charge in [-0.2, -0.15) is 0 Å². The Bertz CT molecular complexity index is 682. The topological polar surface area (TPSA) is 69.6 Å². The van der Waals surface area contributed by atoms with E-state index in [1.807, 2.05) is 25.1 Å². The number of aromatic nitrogens is 2. The number of piperazine rings is 1. The van der Waals surface area contributed by atoms with E-state index in [4.69, 9.17) is 0 Å². The minimum absolute atomic E-state index is 0.396. The van der Waals surface area contributed by atoms with E-state index in [1.165, 1.54) is 0 Å². The SMILES string of the molecule is CCc1cc(N2CCN(c3ncccn3)CC2)ccc1C(=O)O. The number of benzene rings is 1. The Hall–Kier alpha value is -2.63. The van der Waals surface area contributed by atoms with Crippen LogP contribution in [0.4, 0.5) is 11.6 Å². The van der Waals surface area contributed by atoms with Gasteiger partial charge in [0.1, 0.15) is 0 Å². The average Bonchev–Trinajstić information content (AvgIpc) is 2.62. The maximum absolute atomic E-state index is 11.2. The second-order valence-electron chi connectivity index (χ2n) is 5.52. The van der Waals surface area contributed by atoms with Crippen LogP contribution in [0.2, 0.25) is 0 Å². The summed E-state index contributed by atoms with van der Waals surface area (Å²) in [6.45, 7) is 5.43. The molecule has 1 saturated heterocycles. The van der Waals surface area contributed by atoms with Crippen molar-refractivity contribution in [3.8, 4) is 0 Å². The normalized spacial score (nSPS) is 14.8. The zero-order chi connectivity index (χ0) is 16.2. The first-order valence-corrected chi connectivity index (χ1v) is 7.82. The highest BCUT2D eigenvalue weighted by molar-refractivity contribution is 5.90. The van der Waals surface area contributed by atoms with Crippen LogP contribution >= 0.6 is 0 Å². The first kappa shape index (κ1) is 15.3. The summed E-state index contributed by atoms with van der Waals surface area (Å²) in [7, 11) is 0. The molecule has 0 bridgehead atoms. The fraction of sp³-hybridized carbons (Fsp3) is 0.353. The van der Waals surface area contributed by atoms with Crippen LogP contribution in [0.3, 0.4) is 0 Å². The first-order valence-electron chi connectivity index (χ1n) is 7.82. The van der Waals surface area contributed by atoms with Crippen molar-refractivity contribution in [2.75, 3.05) is 36.0 Å². The Morgan fingerprint density at radius 3 is 2.39 bits per heavy atom. The second kappa shape index (κ2) is 6.64. The molecule has 1 aliphatic rings. The zero-order valence-electron chi connectivity index (χ0n) is 13.1. The van der Waals surface area contributed by atoms with Gasteiger partial charge < -0.3 is 14.9 Å². The number of carboxylic acid groups (broad SMARTS) is 1. The van der Waals surface area contributed by atoms with Crippen molar-refractivity contribution >= 4 is 17.6 Å². The van der Waals surface area contributed by atoms with Gasteiger partial charge in [-0.05, 0) is 36.2 Å². The van der Waals surface area contributed by atoms with Crippen LogP contribution in [-0.2, 0) is 6.42 Å². The summed E-state index contributed by atoms with van der Waals surface area (Å²) in [6, 6.07) is 7.43. The van der Waals surface area contributed by atoms with Crippen molar-refractivity contribution in [2.45, 2.75) is 13.3 Å². The summed E-state index contributed by atoms with van der Waals surface area (Å²) in [5, 5.41) is 9.22. The van der Waals surface area contributed by atoms with Gasteiger partial charge in [0.05, 0.1) is 5.56 Å². The van der Waals surface area contributed by atoms with Crippen LogP contribution in [0.15, 0.2) is 36.7 Å². The Balaban J connectivity index is 1.71. The van der Waals surface area contributed by atoms with E-state index in [9.17, 15) is 9.90 Å². The molecule has 0 aliphatic carbocycles. The van der Waals surface area contributed by atoms with Crippen molar-refractivity contribution in [1.82, 2.24) is 9.97 Å². The molecule has 2 heterocycles. The van der Waals surface area contributed by atoms with Crippen LogP contribution in [0, 0.1) is 0 Å². The van der Waals surface area contributed by atoms with Gasteiger partial charge in [0.25, 0.3) is 0 Å². The average molecular weight is 312 g/mol. The van der Waals surface area contributed by atoms with E-state index < -0.39 is 5.97 Å². The monoisotopic (exact) mass is 312 g/mol. The lowest BCUT2D eigenvalue weighted by Gasteiger charge is -2.36. The van der Waals surface area contributed by atoms with E-state index in [-0.39, 0.29) is 0 Å². The van der Waals surface area contributed by atoms with E-state index >= 15 is 0 Å². The fourth-order valence-corrected chi connectivity index (χ4v) is 2.90. The van der Waals surface area contributed by atoms with E-state index in [1.54, 1.807) is 18.5 Å². The third kappa shape index (κ3) is 3.26. The highest BCUT2D eigenvalue weighted by atomic mass is 16.4. The summed E-state index contributed by atoms with van der Waals surface area (Å²) in [4.78, 5) is 24.3. The Morgan fingerprint density at radius 2 is 1.78 bits per heavy atom. The predicted molar refractivity (Wildman–Crippen MR) is 89.2 cm³/mol. The number of rotatable bonds is 4. The molecule has 0 radical (unpaired) electrons. The largest absolute Gasteiger partial charge is 0.478 e. The van der Waals surface area contributed by atoms with Crippen molar-refractivity contribution in [3.63, 3.8) is 0 Å². The number of nitrogens with zero attached hydrogens (tertiary/aromatic N) is 4. The van der Waals surface area contributed by atoms with E-state index in [2.05, 4.69) is 19.8 Å². The van der Waals surface area contributed by atoms with Crippen LogP contribution in [0.5, 0.6) is 0 Å². The van der Waals surface area contributed by atoms with Crippen molar-refractivity contribution in [2.24, 2.45) is 0 Å². The van der Waals surface area contributed by atoms with Crippen LogP contribution in [-0.4, -0.2) is 47.2 Å². The van der Waals surface area contributed by atoms with Gasteiger partial charge in [0.15, 0.2) is 0 Å². The number of hydrogen-bond acceptors (Lipinski definition) is 5. The minimum atomic E-state index is -0.862. The molecule has 1 N–H and O–H groups in total. The molecule has 0 amide bonds. The van der Waals surface area contributed by atoms with Crippen molar-refractivity contribution in [3.05, 3.63) is 47.8 Å². The molecule has 6 heteroatoms. The lowest BCUT2D eigenvalue weighted by atomic mass is 10.0. The van der Waals surface area contributed by atoms with Gasteiger partial charge in [0, 0.05) is 44.3 Å². The van der Waals surface area contributed by atoms with E-state index in [0.717, 1.165) is 43.4 Å². The number of aromatic carboxylic acids is 1. The minimum Gasteiger partial charge on any atom is -0.478 e. The summed E-state index contributed by atoms with van der Waals surface area (Å²) in [6.07, 6.45) is 4.23. The Labute approximate surface area is 135 Å². The maximum atomic E-state index is 11.2. The van der Waals surface area contributed by atoms with E-state index in [0.29, 0.717) is 12.0 Å².